The van der Waals surface area contributed by atoms with Crippen molar-refractivity contribution in [2.75, 3.05) is 12.3 Å². The van der Waals surface area contributed by atoms with Gasteiger partial charge in [-0.2, -0.15) is 0 Å². The summed E-state index contributed by atoms with van der Waals surface area (Å²) in [5, 5.41) is 0.883. The van der Waals surface area contributed by atoms with E-state index in [0.717, 1.165) is 24.4 Å². The first-order valence-corrected chi connectivity index (χ1v) is 6.93. The van der Waals surface area contributed by atoms with E-state index in [4.69, 9.17) is 17.3 Å². The highest BCUT2D eigenvalue weighted by atomic mass is 35.5. The van der Waals surface area contributed by atoms with Crippen molar-refractivity contribution < 1.29 is 0 Å². The fraction of sp³-hybridized carbons (Fsp3) is 0.385. The van der Waals surface area contributed by atoms with E-state index in [2.05, 4.69) is 12.1 Å². The summed E-state index contributed by atoms with van der Waals surface area (Å²) in [6.07, 6.45) is 4.42. The highest BCUT2D eigenvalue weighted by molar-refractivity contribution is 8.03. The number of halogens is 1. The summed E-state index contributed by atoms with van der Waals surface area (Å²) in [6.45, 7) is 0.748. The molecule has 1 atom stereocenters. The van der Waals surface area contributed by atoms with Crippen molar-refractivity contribution in [3.8, 4) is 0 Å². The van der Waals surface area contributed by atoms with Crippen molar-refractivity contribution in [3.05, 3.63) is 45.8 Å². The van der Waals surface area contributed by atoms with Crippen LogP contribution in [0.15, 0.2) is 35.2 Å². The van der Waals surface area contributed by atoms with E-state index in [1.165, 1.54) is 16.2 Å². The Labute approximate surface area is 106 Å². The minimum Gasteiger partial charge on any atom is -0.330 e. The highest BCUT2D eigenvalue weighted by Gasteiger charge is 2.17. The maximum absolute atomic E-state index is 6.15. The molecule has 0 radical (unpaired) electrons. The SMILES string of the molecule is NCCC1=CC(Cc2ccccc2Cl)CS1. The van der Waals surface area contributed by atoms with Crippen LogP contribution in [-0.4, -0.2) is 12.3 Å². The third-order valence-electron chi connectivity index (χ3n) is 2.74. The lowest BCUT2D eigenvalue weighted by Gasteiger charge is -2.07. The molecule has 1 aliphatic heterocycles. The second-order valence-corrected chi connectivity index (χ2v) is 5.59. The molecule has 0 aromatic heterocycles. The zero-order valence-corrected chi connectivity index (χ0v) is 10.7. The summed E-state index contributed by atoms with van der Waals surface area (Å²) in [5.74, 6) is 1.78. The predicted molar refractivity (Wildman–Crippen MR) is 72.9 cm³/mol. The van der Waals surface area contributed by atoms with Gasteiger partial charge < -0.3 is 5.73 Å². The van der Waals surface area contributed by atoms with Crippen molar-refractivity contribution in [3.63, 3.8) is 0 Å². The predicted octanol–water partition coefficient (Wildman–Crippen LogP) is 3.48. The lowest BCUT2D eigenvalue weighted by Crippen LogP contribution is -2.01. The van der Waals surface area contributed by atoms with Crippen molar-refractivity contribution in [2.45, 2.75) is 12.8 Å². The van der Waals surface area contributed by atoms with Crippen LogP contribution in [0.4, 0.5) is 0 Å². The first kappa shape index (κ1) is 12.0. The molecule has 1 aromatic carbocycles. The normalized spacial score (nSPS) is 19.9. The lowest BCUT2D eigenvalue weighted by molar-refractivity contribution is 0.741. The Hall–Kier alpha value is -0.440. The molecule has 1 aliphatic rings. The molecule has 86 valence electrons. The summed E-state index contributed by atoms with van der Waals surface area (Å²) < 4.78 is 0. The van der Waals surface area contributed by atoms with Crippen LogP contribution in [-0.2, 0) is 6.42 Å². The Morgan fingerprint density at radius 3 is 2.94 bits per heavy atom. The number of hydrogen-bond donors (Lipinski definition) is 1. The van der Waals surface area contributed by atoms with Gasteiger partial charge in [0.05, 0.1) is 0 Å². The average molecular weight is 254 g/mol. The van der Waals surface area contributed by atoms with Gasteiger partial charge in [0.2, 0.25) is 0 Å². The summed E-state index contributed by atoms with van der Waals surface area (Å²) in [6, 6.07) is 8.10. The van der Waals surface area contributed by atoms with Crippen molar-refractivity contribution >= 4 is 23.4 Å². The van der Waals surface area contributed by atoms with Gasteiger partial charge in [0.25, 0.3) is 0 Å². The molecule has 0 fully saturated rings. The number of benzene rings is 1. The van der Waals surface area contributed by atoms with Crippen LogP contribution in [0.25, 0.3) is 0 Å². The molecule has 2 N–H and O–H groups in total. The monoisotopic (exact) mass is 253 g/mol. The maximum atomic E-state index is 6.15. The molecule has 1 unspecified atom stereocenters. The zero-order chi connectivity index (χ0) is 11.4. The van der Waals surface area contributed by atoms with Crippen LogP contribution in [0.5, 0.6) is 0 Å². The molecule has 0 spiro atoms. The first-order valence-electron chi connectivity index (χ1n) is 5.56. The van der Waals surface area contributed by atoms with Gasteiger partial charge in [0.1, 0.15) is 0 Å². The zero-order valence-electron chi connectivity index (χ0n) is 9.16. The fourth-order valence-electron chi connectivity index (χ4n) is 1.94. The molecule has 16 heavy (non-hydrogen) atoms. The van der Waals surface area contributed by atoms with Gasteiger partial charge in [-0.1, -0.05) is 35.9 Å². The summed E-state index contributed by atoms with van der Waals surface area (Å²) in [7, 11) is 0. The topological polar surface area (TPSA) is 26.0 Å². The Bertz CT molecular complexity index is 389. The van der Waals surface area contributed by atoms with E-state index in [0.29, 0.717) is 5.92 Å². The van der Waals surface area contributed by atoms with Crippen LogP contribution in [0, 0.1) is 5.92 Å². The Morgan fingerprint density at radius 1 is 1.38 bits per heavy atom. The molecular weight excluding hydrogens is 238 g/mol. The van der Waals surface area contributed by atoms with Crippen molar-refractivity contribution in [2.24, 2.45) is 11.7 Å². The molecule has 3 heteroatoms. The van der Waals surface area contributed by atoms with E-state index >= 15 is 0 Å². The second-order valence-electron chi connectivity index (χ2n) is 4.04. The molecule has 1 aromatic rings. The smallest absolute Gasteiger partial charge is 0.0438 e. The minimum absolute atomic E-state index is 0.617. The molecule has 0 saturated heterocycles. The molecular formula is C13H16ClNS. The third kappa shape index (κ3) is 3.03. The molecule has 0 saturated carbocycles. The van der Waals surface area contributed by atoms with Gasteiger partial charge in [0.15, 0.2) is 0 Å². The van der Waals surface area contributed by atoms with Crippen LogP contribution >= 0.6 is 23.4 Å². The quantitative estimate of drug-likeness (QED) is 0.889. The van der Waals surface area contributed by atoms with Gasteiger partial charge in [-0.15, -0.1) is 11.8 Å². The number of thioether (sulfide) groups is 1. The van der Waals surface area contributed by atoms with E-state index in [1.54, 1.807) is 0 Å². The van der Waals surface area contributed by atoms with E-state index in [1.807, 2.05) is 30.0 Å². The Morgan fingerprint density at radius 2 is 2.19 bits per heavy atom. The van der Waals surface area contributed by atoms with Crippen LogP contribution in [0.1, 0.15) is 12.0 Å². The van der Waals surface area contributed by atoms with Gasteiger partial charge >= 0.3 is 0 Å². The number of hydrogen-bond acceptors (Lipinski definition) is 2. The van der Waals surface area contributed by atoms with Crippen molar-refractivity contribution in [1.82, 2.24) is 0 Å². The summed E-state index contributed by atoms with van der Waals surface area (Å²) in [5.41, 5.74) is 6.81. The number of nitrogens with two attached hydrogens (primary N) is 1. The van der Waals surface area contributed by atoms with E-state index in [9.17, 15) is 0 Å². The number of rotatable bonds is 4. The minimum atomic E-state index is 0.617. The van der Waals surface area contributed by atoms with E-state index < -0.39 is 0 Å². The molecule has 0 aliphatic carbocycles. The largest absolute Gasteiger partial charge is 0.330 e. The van der Waals surface area contributed by atoms with Crippen LogP contribution < -0.4 is 5.73 Å². The van der Waals surface area contributed by atoms with Crippen LogP contribution in [0.3, 0.4) is 0 Å². The summed E-state index contributed by atoms with van der Waals surface area (Å²) in [4.78, 5) is 1.44. The van der Waals surface area contributed by atoms with Gasteiger partial charge in [-0.05, 0) is 41.8 Å². The summed E-state index contributed by atoms with van der Waals surface area (Å²) >= 11 is 8.09. The van der Waals surface area contributed by atoms with E-state index in [-0.39, 0.29) is 0 Å². The van der Waals surface area contributed by atoms with Gasteiger partial charge in [-0.25, -0.2) is 0 Å². The second kappa shape index (κ2) is 5.76. The third-order valence-corrected chi connectivity index (χ3v) is 4.41. The van der Waals surface area contributed by atoms with Crippen molar-refractivity contribution in [1.29, 1.82) is 0 Å². The van der Waals surface area contributed by atoms with Crippen LogP contribution in [0.2, 0.25) is 5.02 Å². The molecule has 1 nitrogen and oxygen atoms in total. The molecule has 0 bridgehead atoms. The average Bonchev–Trinajstić information content (AvgIpc) is 2.70. The fourth-order valence-corrected chi connectivity index (χ4v) is 3.34. The van der Waals surface area contributed by atoms with Gasteiger partial charge in [0, 0.05) is 10.8 Å². The first-order chi connectivity index (χ1) is 7.79. The lowest BCUT2D eigenvalue weighted by atomic mass is 10.0. The maximum Gasteiger partial charge on any atom is 0.0438 e. The standard InChI is InChI=1S/C13H16ClNS/c14-13-4-2-1-3-11(13)7-10-8-12(5-6-15)16-9-10/h1-4,8,10H,5-7,9,15H2. The highest BCUT2D eigenvalue weighted by Crippen LogP contribution is 2.33. The molecule has 2 rings (SSSR count). The Balaban J connectivity index is 1.99. The van der Waals surface area contributed by atoms with Gasteiger partial charge in [-0.3, -0.25) is 0 Å². The molecule has 0 amide bonds. The molecule has 1 heterocycles. The number of allylic oxidation sites excluding steroid dienone is 1. The Kier molecular flexibility index (Phi) is 4.33.